The first-order chi connectivity index (χ1) is 17.4. The van der Waals surface area contributed by atoms with Gasteiger partial charge in [0.1, 0.15) is 30.1 Å². The van der Waals surface area contributed by atoms with Crippen LogP contribution in [0.15, 0.2) is 84.9 Å². The van der Waals surface area contributed by atoms with Gasteiger partial charge in [-0.15, -0.1) is 0 Å². The van der Waals surface area contributed by atoms with Crippen molar-refractivity contribution in [2.75, 3.05) is 17.3 Å². The molecule has 5 rings (SSSR count). The van der Waals surface area contributed by atoms with Crippen LogP contribution in [-0.4, -0.2) is 13.0 Å². The van der Waals surface area contributed by atoms with Crippen molar-refractivity contribution in [2.45, 2.75) is 12.8 Å². The minimum absolute atomic E-state index is 0.173. The molecule has 4 aromatic carbocycles. The lowest BCUT2D eigenvalue weighted by molar-refractivity contribution is 0.0975. The monoisotopic (exact) mass is 522 g/mol. The van der Waals surface area contributed by atoms with E-state index < -0.39 is 6.17 Å². The summed E-state index contributed by atoms with van der Waals surface area (Å²) in [7, 11) is 1.58. The number of nitrogens with zero attached hydrogens (tertiary/aromatic N) is 1. The second-order valence-electron chi connectivity index (χ2n) is 8.18. The van der Waals surface area contributed by atoms with Crippen LogP contribution in [0.1, 0.15) is 27.7 Å². The summed E-state index contributed by atoms with van der Waals surface area (Å²) in [4.78, 5) is 15.2. The predicted molar refractivity (Wildman–Crippen MR) is 140 cm³/mol. The van der Waals surface area contributed by atoms with Crippen LogP contribution in [0.4, 0.5) is 15.8 Å². The van der Waals surface area contributed by atoms with E-state index in [1.54, 1.807) is 48.4 Å². The molecule has 4 aromatic rings. The summed E-state index contributed by atoms with van der Waals surface area (Å²) in [6.07, 6.45) is -0.554. The van der Waals surface area contributed by atoms with Crippen molar-refractivity contribution in [3.63, 3.8) is 0 Å². The topological polar surface area (TPSA) is 50.8 Å². The first-order valence-corrected chi connectivity index (χ1v) is 11.9. The Bertz CT molecular complexity index is 1430. The summed E-state index contributed by atoms with van der Waals surface area (Å²) in [6, 6.07) is 23.8. The fourth-order valence-electron chi connectivity index (χ4n) is 4.18. The summed E-state index contributed by atoms with van der Waals surface area (Å²) in [5, 5.41) is 4.37. The van der Waals surface area contributed by atoms with Crippen molar-refractivity contribution in [3.8, 4) is 11.5 Å². The molecule has 1 aliphatic heterocycles. The maximum atomic E-state index is 13.7. The zero-order valence-electron chi connectivity index (χ0n) is 19.2. The van der Waals surface area contributed by atoms with Gasteiger partial charge >= 0.3 is 0 Å². The fraction of sp³-hybridized carbons (Fsp3) is 0.107. The van der Waals surface area contributed by atoms with E-state index in [4.69, 9.17) is 32.7 Å². The van der Waals surface area contributed by atoms with Gasteiger partial charge in [0.05, 0.1) is 17.7 Å². The van der Waals surface area contributed by atoms with Gasteiger partial charge in [0.15, 0.2) is 0 Å². The van der Waals surface area contributed by atoms with E-state index in [1.807, 2.05) is 36.4 Å². The number of rotatable bonds is 6. The molecule has 0 spiro atoms. The number of ether oxygens (including phenoxy) is 2. The van der Waals surface area contributed by atoms with Crippen molar-refractivity contribution in [2.24, 2.45) is 0 Å². The Balaban J connectivity index is 1.53. The standard InChI is InChI=1S/C28H21Cl2FN2O3/c1-35-25-12-6-17(14-18(25)16-36-26-13-7-19(29)15-23(26)30)27-32-24-5-3-2-4-22(24)28(34)33(27)21-10-8-20(31)9-11-21/h2-15,27,32H,16H2,1H3/t27-/m1/s1. The summed E-state index contributed by atoms with van der Waals surface area (Å²) >= 11 is 12.3. The van der Waals surface area contributed by atoms with Crippen molar-refractivity contribution in [3.05, 3.63) is 117 Å². The number of hydrogen-bond acceptors (Lipinski definition) is 4. The number of para-hydroxylation sites is 1. The van der Waals surface area contributed by atoms with Gasteiger partial charge < -0.3 is 14.8 Å². The molecule has 1 heterocycles. The van der Waals surface area contributed by atoms with Gasteiger partial charge in [0, 0.05) is 22.0 Å². The van der Waals surface area contributed by atoms with E-state index in [1.165, 1.54) is 12.1 Å². The predicted octanol–water partition coefficient (Wildman–Crippen LogP) is 7.49. The van der Waals surface area contributed by atoms with Gasteiger partial charge in [-0.2, -0.15) is 0 Å². The number of benzene rings is 4. The average molecular weight is 523 g/mol. The molecule has 0 bridgehead atoms. The number of carbonyl (C=O) groups is 1. The van der Waals surface area contributed by atoms with E-state index in [-0.39, 0.29) is 18.3 Å². The fourth-order valence-corrected chi connectivity index (χ4v) is 4.65. The number of fused-ring (bicyclic) bond motifs is 1. The zero-order chi connectivity index (χ0) is 25.2. The van der Waals surface area contributed by atoms with Crippen LogP contribution in [-0.2, 0) is 6.61 Å². The zero-order valence-corrected chi connectivity index (χ0v) is 20.7. The van der Waals surface area contributed by atoms with Gasteiger partial charge in [-0.25, -0.2) is 4.39 Å². The van der Waals surface area contributed by atoms with Crippen molar-refractivity contribution < 1.29 is 18.7 Å². The van der Waals surface area contributed by atoms with Crippen molar-refractivity contribution in [1.29, 1.82) is 0 Å². The Labute approximate surface area is 218 Å². The van der Waals surface area contributed by atoms with E-state index in [0.29, 0.717) is 38.5 Å². The molecular formula is C28H21Cl2FN2O3. The third kappa shape index (κ3) is 4.70. The lowest BCUT2D eigenvalue weighted by Crippen LogP contribution is -2.43. The van der Waals surface area contributed by atoms with E-state index in [9.17, 15) is 9.18 Å². The third-order valence-electron chi connectivity index (χ3n) is 5.93. The molecule has 5 nitrogen and oxygen atoms in total. The number of hydrogen-bond donors (Lipinski definition) is 1. The lowest BCUT2D eigenvalue weighted by Gasteiger charge is -2.38. The van der Waals surface area contributed by atoms with Gasteiger partial charge in [0.2, 0.25) is 0 Å². The number of amides is 1. The minimum Gasteiger partial charge on any atom is -0.496 e. The van der Waals surface area contributed by atoms with Crippen LogP contribution in [0.5, 0.6) is 11.5 Å². The van der Waals surface area contributed by atoms with E-state index >= 15 is 0 Å². The number of carbonyl (C=O) groups excluding carboxylic acids is 1. The second kappa shape index (κ2) is 10.1. The number of nitrogens with one attached hydrogen (secondary N) is 1. The second-order valence-corrected chi connectivity index (χ2v) is 9.02. The Morgan fingerprint density at radius 1 is 0.944 bits per heavy atom. The highest BCUT2D eigenvalue weighted by molar-refractivity contribution is 6.35. The Morgan fingerprint density at radius 2 is 1.69 bits per heavy atom. The largest absolute Gasteiger partial charge is 0.496 e. The number of halogens is 3. The summed E-state index contributed by atoms with van der Waals surface area (Å²) in [6.45, 7) is 0.173. The highest BCUT2D eigenvalue weighted by atomic mass is 35.5. The van der Waals surface area contributed by atoms with Crippen LogP contribution in [0.2, 0.25) is 10.0 Å². The number of methoxy groups -OCH3 is 1. The van der Waals surface area contributed by atoms with Gasteiger partial charge in [-0.05, 0) is 72.3 Å². The van der Waals surface area contributed by atoms with Crippen LogP contribution < -0.4 is 19.7 Å². The third-order valence-corrected chi connectivity index (χ3v) is 6.46. The molecule has 1 N–H and O–H groups in total. The van der Waals surface area contributed by atoms with Crippen LogP contribution in [0, 0.1) is 5.82 Å². The molecule has 0 saturated carbocycles. The van der Waals surface area contributed by atoms with Crippen LogP contribution >= 0.6 is 23.2 Å². The first kappa shape index (κ1) is 24.0. The molecule has 1 amide bonds. The van der Waals surface area contributed by atoms with Crippen LogP contribution in [0.3, 0.4) is 0 Å². The van der Waals surface area contributed by atoms with Gasteiger partial charge in [-0.1, -0.05) is 41.4 Å². The molecule has 1 aliphatic rings. The summed E-state index contributed by atoms with van der Waals surface area (Å²) < 4.78 is 25.2. The number of anilines is 2. The highest BCUT2D eigenvalue weighted by Gasteiger charge is 2.34. The molecule has 0 aromatic heterocycles. The van der Waals surface area contributed by atoms with Crippen molar-refractivity contribution >= 4 is 40.5 Å². The maximum Gasteiger partial charge on any atom is 0.262 e. The molecular weight excluding hydrogens is 502 g/mol. The average Bonchev–Trinajstić information content (AvgIpc) is 2.89. The highest BCUT2D eigenvalue weighted by Crippen LogP contribution is 2.38. The molecule has 0 unspecified atom stereocenters. The maximum absolute atomic E-state index is 13.7. The van der Waals surface area contributed by atoms with E-state index in [2.05, 4.69) is 5.32 Å². The molecule has 0 fully saturated rings. The smallest absolute Gasteiger partial charge is 0.262 e. The molecule has 0 radical (unpaired) electrons. The summed E-state index contributed by atoms with van der Waals surface area (Å²) in [5.74, 6) is 0.543. The Morgan fingerprint density at radius 3 is 2.44 bits per heavy atom. The SMILES string of the molecule is COc1ccc([C@@H]2Nc3ccccc3C(=O)N2c2ccc(F)cc2)cc1COc1ccc(Cl)cc1Cl. The minimum atomic E-state index is -0.554. The quantitative estimate of drug-likeness (QED) is 0.285. The molecule has 0 saturated heterocycles. The van der Waals surface area contributed by atoms with E-state index in [0.717, 1.165) is 11.1 Å². The molecule has 36 heavy (non-hydrogen) atoms. The molecule has 182 valence electrons. The first-order valence-electron chi connectivity index (χ1n) is 11.1. The lowest BCUT2D eigenvalue weighted by atomic mass is 10.0. The molecule has 8 heteroatoms. The summed E-state index contributed by atoms with van der Waals surface area (Å²) in [5.41, 5.74) is 3.37. The van der Waals surface area contributed by atoms with Crippen molar-refractivity contribution in [1.82, 2.24) is 0 Å². The van der Waals surface area contributed by atoms with Gasteiger partial charge in [0.25, 0.3) is 5.91 Å². The Kier molecular flexibility index (Phi) is 6.72. The van der Waals surface area contributed by atoms with Gasteiger partial charge in [-0.3, -0.25) is 9.69 Å². The normalized spacial score (nSPS) is 14.7. The Hall–Kier alpha value is -3.74. The molecule has 0 aliphatic carbocycles. The van der Waals surface area contributed by atoms with Crippen LogP contribution in [0.25, 0.3) is 0 Å². The molecule has 1 atom stereocenters.